The lowest BCUT2D eigenvalue weighted by Crippen LogP contribution is -2.45. The molecule has 1 fully saturated rings. The van der Waals surface area contributed by atoms with Crippen molar-refractivity contribution in [1.82, 2.24) is 24.6 Å². The predicted molar refractivity (Wildman–Crippen MR) is 130 cm³/mol. The molecule has 170 valence electrons. The molecule has 1 aliphatic carbocycles. The number of benzene rings is 1. The fourth-order valence-electron chi connectivity index (χ4n) is 4.71. The van der Waals surface area contributed by atoms with E-state index in [4.69, 9.17) is 16.7 Å². The summed E-state index contributed by atoms with van der Waals surface area (Å²) in [6.07, 6.45) is 5.84. The third kappa shape index (κ3) is 3.40. The Morgan fingerprint density at radius 3 is 2.91 bits per heavy atom. The Bertz CT molecular complexity index is 1490. The zero-order chi connectivity index (χ0) is 23.4. The number of halogens is 1. The van der Waals surface area contributed by atoms with Crippen LogP contribution in [0.3, 0.4) is 0 Å². The highest BCUT2D eigenvalue weighted by molar-refractivity contribution is 6.35. The second-order valence-corrected chi connectivity index (χ2v) is 9.37. The number of nitrogens with one attached hydrogen (secondary N) is 1. The summed E-state index contributed by atoms with van der Waals surface area (Å²) >= 11 is 6.40. The van der Waals surface area contributed by atoms with E-state index in [0.717, 1.165) is 46.3 Å². The first-order chi connectivity index (χ1) is 16.5. The second kappa shape index (κ2) is 7.89. The van der Waals surface area contributed by atoms with Crippen LogP contribution in [-0.4, -0.2) is 31.9 Å². The number of carbonyl (C=O) groups excluding carboxylic acids is 1. The Morgan fingerprint density at radius 1 is 1.29 bits per heavy atom. The summed E-state index contributed by atoms with van der Waals surface area (Å²) < 4.78 is 3.88. The number of aryl methyl sites for hydroxylation is 1. The summed E-state index contributed by atoms with van der Waals surface area (Å²) in [6, 6.07) is 11.7. The minimum atomic E-state index is -0.110. The topological polar surface area (TPSA) is 91.8 Å². The molecule has 3 aromatic heterocycles. The zero-order valence-electron chi connectivity index (χ0n) is 18.6. The molecule has 34 heavy (non-hydrogen) atoms. The summed E-state index contributed by atoms with van der Waals surface area (Å²) in [5, 5.41) is 19.0. The summed E-state index contributed by atoms with van der Waals surface area (Å²) in [5.74, 6) is 1.22. The molecule has 1 aromatic carbocycles. The standard InChI is InChI=1S/C25H22ClN7O/c1-31-12-16(10-27)9-21(31)23-19-11-29-25(34)32(13-15-5-6-15)24(19)30-33(23)14-17-7-8-28-22-18(17)3-2-4-20(22)26/h2-4,7-9,12,15H,5-6,11,13-14H2,1H3,(H,29,34). The number of hydrogen-bond donors (Lipinski definition) is 1. The van der Waals surface area contributed by atoms with Gasteiger partial charge in [0.25, 0.3) is 0 Å². The zero-order valence-corrected chi connectivity index (χ0v) is 19.4. The summed E-state index contributed by atoms with van der Waals surface area (Å²) in [7, 11) is 1.92. The van der Waals surface area contributed by atoms with Crippen LogP contribution in [-0.2, 0) is 20.1 Å². The number of rotatable bonds is 5. The Labute approximate surface area is 201 Å². The van der Waals surface area contributed by atoms with E-state index in [0.29, 0.717) is 42.0 Å². The highest BCUT2D eigenvalue weighted by Gasteiger charge is 2.35. The van der Waals surface area contributed by atoms with Crippen LogP contribution in [0.2, 0.25) is 5.02 Å². The van der Waals surface area contributed by atoms with Crippen LogP contribution in [0.1, 0.15) is 29.5 Å². The number of nitriles is 1. The summed E-state index contributed by atoms with van der Waals surface area (Å²) in [5.41, 5.74) is 5.09. The van der Waals surface area contributed by atoms with Crippen molar-refractivity contribution in [3.05, 3.63) is 64.4 Å². The number of hydrogen-bond acceptors (Lipinski definition) is 4. The summed E-state index contributed by atoms with van der Waals surface area (Å²) in [6.45, 7) is 1.53. The van der Waals surface area contributed by atoms with E-state index in [2.05, 4.69) is 16.4 Å². The van der Waals surface area contributed by atoms with E-state index >= 15 is 0 Å². The van der Waals surface area contributed by atoms with Gasteiger partial charge in [0.15, 0.2) is 5.82 Å². The molecule has 8 nitrogen and oxygen atoms in total. The van der Waals surface area contributed by atoms with Gasteiger partial charge in [0, 0.05) is 36.9 Å². The first kappa shape index (κ1) is 20.8. The smallest absolute Gasteiger partial charge is 0.323 e. The van der Waals surface area contributed by atoms with E-state index in [1.165, 1.54) is 0 Å². The van der Waals surface area contributed by atoms with Crippen molar-refractivity contribution < 1.29 is 4.79 Å². The molecule has 6 rings (SSSR count). The van der Waals surface area contributed by atoms with Gasteiger partial charge in [-0.2, -0.15) is 10.4 Å². The van der Waals surface area contributed by atoms with Crippen LogP contribution in [0.5, 0.6) is 0 Å². The van der Waals surface area contributed by atoms with Gasteiger partial charge in [0.2, 0.25) is 0 Å². The van der Waals surface area contributed by atoms with Gasteiger partial charge >= 0.3 is 6.03 Å². The van der Waals surface area contributed by atoms with Crippen molar-refractivity contribution in [2.45, 2.75) is 25.9 Å². The Morgan fingerprint density at radius 2 is 2.15 bits per heavy atom. The third-order valence-corrected chi connectivity index (χ3v) is 6.90. The molecular formula is C25H22ClN7O. The minimum absolute atomic E-state index is 0.110. The molecule has 9 heteroatoms. The number of para-hydroxylation sites is 1. The van der Waals surface area contributed by atoms with Crippen molar-refractivity contribution in [3.63, 3.8) is 0 Å². The quantitative estimate of drug-likeness (QED) is 0.465. The van der Waals surface area contributed by atoms with Gasteiger partial charge in [0.1, 0.15) is 6.07 Å². The molecule has 4 heterocycles. The average Bonchev–Trinajstić information content (AvgIpc) is 3.48. The fourth-order valence-corrected chi connectivity index (χ4v) is 4.93. The van der Waals surface area contributed by atoms with Crippen molar-refractivity contribution in [3.8, 4) is 17.5 Å². The summed E-state index contributed by atoms with van der Waals surface area (Å²) in [4.78, 5) is 19.0. The van der Waals surface area contributed by atoms with Crippen LogP contribution in [0, 0.1) is 17.2 Å². The number of carbonyl (C=O) groups is 1. The van der Waals surface area contributed by atoms with Gasteiger partial charge in [-0.15, -0.1) is 0 Å². The van der Waals surface area contributed by atoms with Gasteiger partial charge in [-0.1, -0.05) is 23.7 Å². The molecule has 0 atom stereocenters. The largest absolute Gasteiger partial charge is 0.348 e. The first-order valence-electron chi connectivity index (χ1n) is 11.3. The molecule has 4 aromatic rings. The van der Waals surface area contributed by atoms with Gasteiger partial charge in [0.05, 0.1) is 40.6 Å². The highest BCUT2D eigenvalue weighted by Crippen LogP contribution is 2.38. The molecule has 0 bridgehead atoms. The molecule has 1 N–H and O–H groups in total. The molecule has 2 amide bonds. The number of fused-ring (bicyclic) bond motifs is 2. The lowest BCUT2D eigenvalue weighted by molar-refractivity contribution is 0.244. The van der Waals surface area contributed by atoms with E-state index < -0.39 is 0 Å². The fraction of sp³-hybridized carbons (Fsp3) is 0.280. The van der Waals surface area contributed by atoms with E-state index in [9.17, 15) is 10.1 Å². The first-order valence-corrected chi connectivity index (χ1v) is 11.6. The van der Waals surface area contributed by atoms with E-state index in [1.807, 2.05) is 52.8 Å². The molecule has 0 radical (unpaired) electrons. The van der Waals surface area contributed by atoms with Crippen LogP contribution >= 0.6 is 11.6 Å². The second-order valence-electron chi connectivity index (χ2n) is 8.96. The maximum absolute atomic E-state index is 12.8. The number of anilines is 1. The molecule has 2 aliphatic rings. The molecular weight excluding hydrogens is 450 g/mol. The SMILES string of the molecule is Cn1cc(C#N)cc1-c1c2c(nn1Cc1ccnc3c(Cl)cccc13)N(CC1CC1)C(=O)NC2. The normalized spacial score (nSPS) is 15.3. The molecule has 1 saturated carbocycles. The third-order valence-electron chi connectivity index (χ3n) is 6.59. The number of aromatic nitrogens is 4. The lowest BCUT2D eigenvalue weighted by Gasteiger charge is -2.26. The van der Waals surface area contributed by atoms with Gasteiger partial charge in [-0.25, -0.2) is 4.79 Å². The van der Waals surface area contributed by atoms with Crippen molar-refractivity contribution >= 4 is 34.4 Å². The predicted octanol–water partition coefficient (Wildman–Crippen LogP) is 4.45. The van der Waals surface area contributed by atoms with E-state index in [-0.39, 0.29) is 6.03 Å². The minimum Gasteiger partial charge on any atom is -0.348 e. The molecule has 0 saturated heterocycles. The molecule has 0 spiro atoms. The average molecular weight is 472 g/mol. The molecule has 0 unspecified atom stereocenters. The van der Waals surface area contributed by atoms with Crippen molar-refractivity contribution in [2.75, 3.05) is 11.4 Å². The Balaban J connectivity index is 1.53. The number of nitrogens with zero attached hydrogens (tertiary/aromatic N) is 6. The maximum Gasteiger partial charge on any atom is 0.323 e. The Kier molecular flexibility index (Phi) is 4.82. The maximum atomic E-state index is 12.8. The molecule has 1 aliphatic heterocycles. The van der Waals surface area contributed by atoms with E-state index in [1.54, 1.807) is 11.1 Å². The number of pyridine rings is 1. The van der Waals surface area contributed by atoms with Crippen LogP contribution < -0.4 is 10.2 Å². The Hall–Kier alpha value is -3.83. The monoisotopic (exact) mass is 471 g/mol. The lowest BCUT2D eigenvalue weighted by atomic mass is 10.1. The van der Waals surface area contributed by atoms with Crippen molar-refractivity contribution in [2.24, 2.45) is 13.0 Å². The number of amides is 2. The van der Waals surface area contributed by atoms with Crippen LogP contribution in [0.15, 0.2) is 42.7 Å². The van der Waals surface area contributed by atoms with Crippen molar-refractivity contribution in [1.29, 1.82) is 5.26 Å². The highest BCUT2D eigenvalue weighted by atomic mass is 35.5. The van der Waals surface area contributed by atoms with Gasteiger partial charge < -0.3 is 9.88 Å². The van der Waals surface area contributed by atoms with Crippen LogP contribution in [0.25, 0.3) is 22.3 Å². The van der Waals surface area contributed by atoms with Gasteiger partial charge in [-0.3, -0.25) is 14.6 Å². The van der Waals surface area contributed by atoms with Crippen LogP contribution in [0.4, 0.5) is 10.6 Å². The van der Waals surface area contributed by atoms with Gasteiger partial charge in [-0.05, 0) is 42.5 Å². The number of urea groups is 1.